The summed E-state index contributed by atoms with van der Waals surface area (Å²) in [7, 11) is 0. The summed E-state index contributed by atoms with van der Waals surface area (Å²) in [6.45, 7) is 0. The first kappa shape index (κ1) is 13.5. The van der Waals surface area contributed by atoms with Gasteiger partial charge in [0.25, 0.3) is 0 Å². The van der Waals surface area contributed by atoms with E-state index in [9.17, 15) is 9.59 Å². The van der Waals surface area contributed by atoms with E-state index in [1.165, 1.54) is 0 Å². The quantitative estimate of drug-likeness (QED) is 0.486. The number of benzene rings is 2. The molecule has 0 fully saturated rings. The Labute approximate surface area is 126 Å². The van der Waals surface area contributed by atoms with Crippen LogP contribution in [0.3, 0.4) is 0 Å². The van der Waals surface area contributed by atoms with Gasteiger partial charge in [0.1, 0.15) is 0 Å². The number of carbonyl (C=O) groups is 2. The van der Waals surface area contributed by atoms with Gasteiger partial charge in [-0.25, -0.2) is 0 Å². The number of ketones is 2. The Morgan fingerprint density at radius 1 is 0.524 bits per heavy atom. The molecule has 0 saturated heterocycles. The van der Waals surface area contributed by atoms with Crippen molar-refractivity contribution in [2.75, 3.05) is 0 Å². The third-order valence-corrected chi connectivity index (χ3v) is 3.89. The van der Waals surface area contributed by atoms with E-state index in [1.54, 1.807) is 59.9 Å². The minimum absolute atomic E-state index is 0.0641. The molecule has 3 aromatic rings. The molecule has 0 N–H and O–H groups in total. The van der Waals surface area contributed by atoms with Crippen LogP contribution in [0.25, 0.3) is 0 Å². The zero-order valence-electron chi connectivity index (χ0n) is 11.2. The molecule has 102 valence electrons. The van der Waals surface area contributed by atoms with E-state index in [4.69, 9.17) is 0 Å². The molecule has 0 atom stereocenters. The van der Waals surface area contributed by atoms with Crippen molar-refractivity contribution in [3.8, 4) is 0 Å². The Hall–Kier alpha value is -2.52. The zero-order valence-corrected chi connectivity index (χ0v) is 12.0. The van der Waals surface area contributed by atoms with Crippen LogP contribution >= 0.6 is 11.3 Å². The maximum Gasteiger partial charge on any atom is 0.194 e. The molecule has 0 bridgehead atoms. The maximum atomic E-state index is 12.1. The third kappa shape index (κ3) is 2.56. The number of hydrogen-bond donors (Lipinski definition) is 0. The summed E-state index contributed by atoms with van der Waals surface area (Å²) in [6.07, 6.45) is 0. The van der Waals surface area contributed by atoms with Gasteiger partial charge in [-0.3, -0.25) is 9.59 Å². The van der Waals surface area contributed by atoms with Crippen LogP contribution in [-0.2, 0) is 0 Å². The molecular formula is C18H12O2S. The summed E-state index contributed by atoms with van der Waals surface area (Å²) < 4.78 is 0. The fraction of sp³-hybridized carbons (Fsp3) is 0. The van der Waals surface area contributed by atoms with E-state index in [-0.39, 0.29) is 11.6 Å². The van der Waals surface area contributed by atoms with Gasteiger partial charge in [-0.15, -0.1) is 0 Å². The highest BCUT2D eigenvalue weighted by atomic mass is 32.1. The molecule has 0 radical (unpaired) electrons. The molecule has 2 nitrogen and oxygen atoms in total. The summed E-state index contributed by atoms with van der Waals surface area (Å²) in [5, 5.41) is 4.08. The van der Waals surface area contributed by atoms with Gasteiger partial charge in [-0.1, -0.05) is 60.7 Å². The topological polar surface area (TPSA) is 34.1 Å². The predicted octanol–water partition coefficient (Wildman–Crippen LogP) is 4.21. The van der Waals surface area contributed by atoms with E-state index in [2.05, 4.69) is 0 Å². The molecule has 1 aliphatic carbocycles. The van der Waals surface area contributed by atoms with E-state index >= 15 is 0 Å². The highest BCUT2D eigenvalue weighted by Crippen LogP contribution is 2.26. The molecule has 0 aliphatic heterocycles. The van der Waals surface area contributed by atoms with Crippen molar-refractivity contribution in [2.24, 2.45) is 0 Å². The molecule has 2 aromatic carbocycles. The number of hydrogen-bond acceptors (Lipinski definition) is 3. The van der Waals surface area contributed by atoms with Crippen molar-refractivity contribution in [3.05, 3.63) is 93.7 Å². The van der Waals surface area contributed by atoms with Crippen molar-refractivity contribution in [3.63, 3.8) is 0 Å². The van der Waals surface area contributed by atoms with Gasteiger partial charge in [0.05, 0.1) is 0 Å². The molecule has 0 saturated carbocycles. The van der Waals surface area contributed by atoms with Gasteiger partial charge in [0.2, 0.25) is 0 Å². The molecule has 1 aromatic heterocycles. The summed E-state index contributed by atoms with van der Waals surface area (Å²) in [5.41, 5.74) is 2.02. The average Bonchev–Trinajstić information content (AvgIpc) is 3.12. The van der Waals surface area contributed by atoms with Crippen molar-refractivity contribution >= 4 is 22.9 Å². The van der Waals surface area contributed by atoms with Gasteiger partial charge in [-0.05, 0) is 10.8 Å². The van der Waals surface area contributed by atoms with Crippen LogP contribution in [-0.4, -0.2) is 11.6 Å². The van der Waals surface area contributed by atoms with E-state index in [0.717, 1.165) is 0 Å². The average molecular weight is 292 g/mol. The lowest BCUT2D eigenvalue weighted by atomic mass is 9.84. The number of fused-ring (bicyclic) bond motifs is 2. The van der Waals surface area contributed by atoms with Gasteiger partial charge in [-0.2, -0.15) is 11.3 Å². The minimum Gasteiger partial charge on any atom is -0.289 e. The largest absolute Gasteiger partial charge is 0.289 e. The molecule has 1 heterocycles. The first-order valence-electron chi connectivity index (χ1n) is 6.53. The van der Waals surface area contributed by atoms with Gasteiger partial charge >= 0.3 is 0 Å². The minimum atomic E-state index is -0.0641. The lowest BCUT2D eigenvalue weighted by Gasteiger charge is -2.16. The second kappa shape index (κ2) is 5.85. The highest BCUT2D eigenvalue weighted by molar-refractivity contribution is 7.07. The fourth-order valence-corrected chi connectivity index (χ4v) is 2.73. The van der Waals surface area contributed by atoms with E-state index in [1.807, 2.05) is 22.9 Å². The first-order valence-corrected chi connectivity index (χ1v) is 7.48. The van der Waals surface area contributed by atoms with Crippen molar-refractivity contribution < 1.29 is 9.59 Å². The molecule has 1 aliphatic rings. The van der Waals surface area contributed by atoms with Crippen LogP contribution in [0.5, 0.6) is 0 Å². The predicted molar refractivity (Wildman–Crippen MR) is 84.1 cm³/mol. The van der Waals surface area contributed by atoms with Crippen molar-refractivity contribution in [2.45, 2.75) is 0 Å². The van der Waals surface area contributed by atoms with Crippen molar-refractivity contribution in [1.82, 2.24) is 0 Å². The Balaban J connectivity index is 0.000000225. The normalized spacial score (nSPS) is 12.0. The second-order valence-corrected chi connectivity index (χ2v) is 5.36. The monoisotopic (exact) mass is 292 g/mol. The summed E-state index contributed by atoms with van der Waals surface area (Å²) in [4.78, 5) is 24.2. The van der Waals surface area contributed by atoms with Crippen LogP contribution in [0.15, 0.2) is 71.4 Å². The van der Waals surface area contributed by atoms with E-state index < -0.39 is 0 Å². The van der Waals surface area contributed by atoms with Crippen LogP contribution in [0.2, 0.25) is 0 Å². The van der Waals surface area contributed by atoms with Gasteiger partial charge in [0.15, 0.2) is 11.6 Å². The van der Waals surface area contributed by atoms with E-state index in [0.29, 0.717) is 22.3 Å². The number of thiophene rings is 1. The Morgan fingerprint density at radius 2 is 0.857 bits per heavy atom. The second-order valence-electron chi connectivity index (χ2n) is 4.54. The molecule has 3 heteroatoms. The third-order valence-electron chi connectivity index (χ3n) is 3.26. The van der Waals surface area contributed by atoms with Crippen LogP contribution in [0.1, 0.15) is 31.8 Å². The highest BCUT2D eigenvalue weighted by Gasteiger charge is 2.28. The Kier molecular flexibility index (Phi) is 3.75. The van der Waals surface area contributed by atoms with Crippen LogP contribution in [0.4, 0.5) is 0 Å². The summed E-state index contributed by atoms with van der Waals surface area (Å²) >= 11 is 1.71. The van der Waals surface area contributed by atoms with Crippen molar-refractivity contribution in [1.29, 1.82) is 0 Å². The molecule has 0 spiro atoms. The smallest absolute Gasteiger partial charge is 0.194 e. The summed E-state index contributed by atoms with van der Waals surface area (Å²) in [6, 6.07) is 17.9. The molecule has 4 rings (SSSR count). The Bertz CT molecular complexity index is 666. The standard InChI is InChI=1S/C14H8O2.C4H4S/c15-13-9-5-1-2-6-10(9)14(16)12-8-4-3-7-11(12)13;1-2-4-5-3-1/h1-8H;1-4H. The number of carbonyl (C=O) groups excluding carboxylic acids is 2. The number of rotatable bonds is 0. The van der Waals surface area contributed by atoms with Crippen LogP contribution < -0.4 is 0 Å². The van der Waals surface area contributed by atoms with Crippen LogP contribution in [0, 0.1) is 0 Å². The maximum absolute atomic E-state index is 12.1. The zero-order chi connectivity index (χ0) is 14.7. The lowest BCUT2D eigenvalue weighted by molar-refractivity contribution is 0.0979. The molecular weight excluding hydrogens is 280 g/mol. The molecule has 0 amide bonds. The van der Waals surface area contributed by atoms with Gasteiger partial charge in [0, 0.05) is 22.3 Å². The molecule has 0 unspecified atom stereocenters. The SMILES string of the molecule is O=C1c2ccccc2C(=O)c2ccccc21.c1ccsc1. The first-order chi connectivity index (χ1) is 10.3. The fourth-order valence-electron chi connectivity index (χ4n) is 2.28. The lowest BCUT2D eigenvalue weighted by Crippen LogP contribution is -2.20. The van der Waals surface area contributed by atoms with Gasteiger partial charge < -0.3 is 0 Å². The molecule has 21 heavy (non-hydrogen) atoms. The summed E-state index contributed by atoms with van der Waals surface area (Å²) in [5.74, 6) is -0.128. The Morgan fingerprint density at radius 3 is 1.10 bits per heavy atom.